The highest BCUT2D eigenvalue weighted by atomic mass is 16.4. The van der Waals surface area contributed by atoms with Crippen molar-refractivity contribution in [1.29, 1.82) is 0 Å². The molecule has 0 spiro atoms. The number of rotatable bonds is 2. The van der Waals surface area contributed by atoms with Crippen LogP contribution in [-0.4, -0.2) is 32.8 Å². The molecule has 6 nitrogen and oxygen atoms in total. The summed E-state index contributed by atoms with van der Waals surface area (Å²) in [7, 11) is 0. The Morgan fingerprint density at radius 2 is 1.36 bits per heavy atom. The highest BCUT2D eigenvalue weighted by molar-refractivity contribution is 5.92. The molecule has 0 heterocycles. The van der Waals surface area contributed by atoms with Crippen LogP contribution in [0.15, 0.2) is 18.2 Å². The van der Waals surface area contributed by atoms with Gasteiger partial charge in [-0.3, -0.25) is 10.2 Å². The van der Waals surface area contributed by atoms with Crippen LogP contribution < -0.4 is 5.43 Å². The van der Waals surface area contributed by atoms with Crippen molar-refractivity contribution in [3.05, 3.63) is 34.9 Å². The highest BCUT2D eigenvalue weighted by Gasteiger charge is 2.28. The van der Waals surface area contributed by atoms with E-state index in [0.29, 0.717) is 0 Å². The molecular formula is C22H34N2O4. The summed E-state index contributed by atoms with van der Waals surface area (Å²) < 4.78 is 0. The number of benzene rings is 1. The first-order valence-electron chi connectivity index (χ1n) is 9.34. The van der Waals surface area contributed by atoms with Crippen molar-refractivity contribution in [3.8, 4) is 5.75 Å². The third-order valence-electron chi connectivity index (χ3n) is 4.26. The van der Waals surface area contributed by atoms with E-state index in [4.69, 9.17) is 0 Å². The summed E-state index contributed by atoms with van der Waals surface area (Å²) in [6, 6.07) is 3.71. The summed E-state index contributed by atoms with van der Waals surface area (Å²) >= 11 is 0. The Balaban J connectivity index is 3.27. The van der Waals surface area contributed by atoms with Gasteiger partial charge in [-0.25, -0.2) is 9.80 Å². The van der Waals surface area contributed by atoms with Gasteiger partial charge in [0, 0.05) is 17.2 Å². The zero-order chi connectivity index (χ0) is 22.1. The number of hydrogen-bond donors (Lipinski definition) is 3. The van der Waals surface area contributed by atoms with Crippen LogP contribution in [0, 0.1) is 0 Å². The third-order valence-corrected chi connectivity index (χ3v) is 4.26. The Hall–Kier alpha value is -2.50. The van der Waals surface area contributed by atoms with Crippen LogP contribution in [0.5, 0.6) is 5.75 Å². The van der Waals surface area contributed by atoms with E-state index < -0.39 is 17.5 Å². The molecule has 0 atom stereocenters. The Morgan fingerprint density at radius 3 is 1.68 bits per heavy atom. The molecule has 1 aromatic carbocycles. The second-order valence-corrected chi connectivity index (χ2v) is 10.1. The molecule has 0 aliphatic heterocycles. The lowest BCUT2D eigenvalue weighted by molar-refractivity contribution is -0.122. The summed E-state index contributed by atoms with van der Waals surface area (Å²) in [5.74, 6) is -0.272. The number of phenols is 1. The SMILES string of the molecule is CC(C)(C)c1cc(C=CC(=O)NN(C(=O)O)C(C)(C)C)cc(C(C)(C)C)c1O. The third kappa shape index (κ3) is 6.01. The minimum Gasteiger partial charge on any atom is -0.507 e. The molecule has 3 N–H and O–H groups in total. The van der Waals surface area contributed by atoms with Gasteiger partial charge in [0.2, 0.25) is 0 Å². The van der Waals surface area contributed by atoms with Crippen molar-refractivity contribution >= 4 is 18.1 Å². The fourth-order valence-electron chi connectivity index (χ4n) is 2.72. The molecule has 0 radical (unpaired) electrons. The molecule has 0 aliphatic rings. The van der Waals surface area contributed by atoms with Gasteiger partial charge in [-0.15, -0.1) is 0 Å². The summed E-state index contributed by atoms with van der Waals surface area (Å²) in [6.07, 6.45) is 1.69. The molecule has 2 amide bonds. The lowest BCUT2D eigenvalue weighted by atomic mass is 9.78. The first-order valence-corrected chi connectivity index (χ1v) is 9.34. The van der Waals surface area contributed by atoms with Crippen LogP contribution in [0.1, 0.15) is 79.0 Å². The molecule has 0 unspecified atom stereocenters. The van der Waals surface area contributed by atoms with E-state index >= 15 is 0 Å². The maximum atomic E-state index is 12.3. The average molecular weight is 391 g/mol. The first-order chi connectivity index (χ1) is 12.4. The largest absolute Gasteiger partial charge is 0.507 e. The van der Waals surface area contributed by atoms with E-state index in [2.05, 4.69) is 5.43 Å². The number of amides is 2. The van der Waals surface area contributed by atoms with Crippen molar-refractivity contribution in [2.75, 3.05) is 0 Å². The van der Waals surface area contributed by atoms with E-state index in [1.165, 1.54) is 6.08 Å². The zero-order valence-electron chi connectivity index (χ0n) is 18.5. The Morgan fingerprint density at radius 1 is 0.929 bits per heavy atom. The van der Waals surface area contributed by atoms with Gasteiger partial charge >= 0.3 is 6.09 Å². The minimum absolute atomic E-state index is 0.270. The first kappa shape index (κ1) is 23.5. The Kier molecular flexibility index (Phi) is 6.60. The van der Waals surface area contributed by atoms with Crippen LogP contribution in [0.4, 0.5) is 4.79 Å². The smallest absolute Gasteiger partial charge is 0.426 e. The summed E-state index contributed by atoms with van der Waals surface area (Å²) in [5, 5.41) is 20.9. The topological polar surface area (TPSA) is 89.9 Å². The molecule has 0 saturated carbocycles. The van der Waals surface area contributed by atoms with Crippen molar-refractivity contribution in [1.82, 2.24) is 10.4 Å². The molecule has 0 aliphatic carbocycles. The van der Waals surface area contributed by atoms with Gasteiger partial charge in [-0.2, -0.15) is 0 Å². The second kappa shape index (κ2) is 7.86. The Bertz CT molecular complexity index is 740. The second-order valence-electron chi connectivity index (χ2n) is 10.1. The zero-order valence-corrected chi connectivity index (χ0v) is 18.5. The predicted octanol–water partition coefficient (Wildman–Crippen LogP) is 4.81. The van der Waals surface area contributed by atoms with Gasteiger partial charge in [0.05, 0.1) is 5.54 Å². The lowest BCUT2D eigenvalue weighted by Crippen LogP contribution is -2.55. The number of carbonyl (C=O) groups excluding carboxylic acids is 1. The van der Waals surface area contributed by atoms with Gasteiger partial charge in [-0.05, 0) is 55.4 Å². The number of carbonyl (C=O) groups is 2. The minimum atomic E-state index is -1.23. The number of nitrogens with one attached hydrogen (secondary N) is 1. The van der Waals surface area contributed by atoms with E-state index in [9.17, 15) is 19.8 Å². The number of hydrazine groups is 1. The molecule has 0 fully saturated rings. The molecule has 6 heteroatoms. The quantitative estimate of drug-likeness (QED) is 0.499. The maximum Gasteiger partial charge on any atom is 0.426 e. The molecule has 156 valence electrons. The van der Waals surface area contributed by atoms with Crippen molar-refractivity contribution in [3.63, 3.8) is 0 Å². The van der Waals surface area contributed by atoms with Gasteiger partial charge in [0.15, 0.2) is 0 Å². The van der Waals surface area contributed by atoms with Crippen molar-refractivity contribution in [2.24, 2.45) is 0 Å². The van der Waals surface area contributed by atoms with Crippen molar-refractivity contribution in [2.45, 2.75) is 78.7 Å². The molecule has 0 saturated heterocycles. The van der Waals surface area contributed by atoms with Crippen LogP contribution >= 0.6 is 0 Å². The molecule has 28 heavy (non-hydrogen) atoms. The molecule has 0 bridgehead atoms. The van der Waals surface area contributed by atoms with Crippen LogP contribution in [-0.2, 0) is 15.6 Å². The average Bonchev–Trinajstić information content (AvgIpc) is 2.47. The van der Waals surface area contributed by atoms with E-state index in [0.717, 1.165) is 21.7 Å². The number of hydrogen-bond acceptors (Lipinski definition) is 3. The molecule has 0 aromatic heterocycles. The molecular weight excluding hydrogens is 356 g/mol. The van der Waals surface area contributed by atoms with E-state index in [1.54, 1.807) is 26.8 Å². The Labute approximate surface area is 168 Å². The van der Waals surface area contributed by atoms with Crippen LogP contribution in [0.3, 0.4) is 0 Å². The summed E-state index contributed by atoms with van der Waals surface area (Å²) in [6.45, 7) is 17.2. The maximum absolute atomic E-state index is 12.3. The van der Waals surface area contributed by atoms with Crippen molar-refractivity contribution < 1.29 is 19.8 Å². The number of nitrogens with zero attached hydrogens (tertiary/aromatic N) is 1. The van der Waals surface area contributed by atoms with E-state index in [1.807, 2.05) is 53.7 Å². The van der Waals surface area contributed by atoms with Crippen LogP contribution in [0.25, 0.3) is 6.08 Å². The van der Waals surface area contributed by atoms with E-state index in [-0.39, 0.29) is 16.6 Å². The van der Waals surface area contributed by atoms with Gasteiger partial charge in [0.25, 0.3) is 5.91 Å². The lowest BCUT2D eigenvalue weighted by Gasteiger charge is -2.32. The normalized spacial score (nSPS) is 12.9. The highest BCUT2D eigenvalue weighted by Crippen LogP contribution is 2.40. The monoisotopic (exact) mass is 390 g/mol. The standard InChI is InChI=1S/C22H34N2O4/c1-20(2,3)15-12-14(13-16(18(15)26)21(4,5)6)10-11-17(25)23-24(19(27)28)22(7,8)9/h10-13,26H,1-9H3,(H,23,25)(H,27,28). The fourth-order valence-corrected chi connectivity index (χ4v) is 2.72. The summed E-state index contributed by atoms with van der Waals surface area (Å²) in [4.78, 5) is 23.6. The van der Waals surface area contributed by atoms with Gasteiger partial charge in [0.1, 0.15) is 5.75 Å². The summed E-state index contributed by atoms with van der Waals surface area (Å²) in [5.41, 5.74) is 3.42. The van der Waals surface area contributed by atoms with Gasteiger partial charge in [-0.1, -0.05) is 41.5 Å². The molecule has 1 rings (SSSR count). The van der Waals surface area contributed by atoms with Crippen LogP contribution in [0.2, 0.25) is 0 Å². The number of aromatic hydroxyl groups is 1. The van der Waals surface area contributed by atoms with Gasteiger partial charge < -0.3 is 10.2 Å². The number of carboxylic acid groups (broad SMARTS) is 1. The molecule has 1 aromatic rings. The fraction of sp³-hybridized carbons (Fsp3) is 0.545. The number of phenolic OH excluding ortho intramolecular Hbond substituents is 1. The predicted molar refractivity (Wildman–Crippen MR) is 112 cm³/mol.